The SMILES string of the molecule is CN(C)C(=O)/C=C/CCCC(=O)Nc1nccn(Cc2cc3cc(F)cc(CC(C)(C)C)c3n2C(=O)OC(C)(C)C)c1=O.CN(C)C(=O)O. The van der Waals surface area contributed by atoms with E-state index >= 15 is 0 Å². The van der Waals surface area contributed by atoms with E-state index in [9.17, 15) is 28.4 Å². The smallest absolute Gasteiger partial charge is 0.419 e. The Morgan fingerprint density at radius 3 is 2.20 bits per heavy atom. The van der Waals surface area contributed by atoms with E-state index in [0.717, 1.165) is 4.90 Å². The normalized spacial score (nSPS) is 11.6. The zero-order chi connectivity index (χ0) is 37.3. The number of unbranched alkanes of at least 4 members (excludes halogenated alkanes) is 1. The van der Waals surface area contributed by atoms with Gasteiger partial charge in [-0.15, -0.1) is 0 Å². The summed E-state index contributed by atoms with van der Waals surface area (Å²) in [6.07, 6.45) is 6.08. The van der Waals surface area contributed by atoms with Crippen molar-refractivity contribution in [2.75, 3.05) is 33.5 Å². The van der Waals surface area contributed by atoms with Crippen LogP contribution >= 0.6 is 0 Å². The lowest BCUT2D eigenvalue weighted by Gasteiger charge is -2.23. The summed E-state index contributed by atoms with van der Waals surface area (Å²) in [4.78, 5) is 67.2. The van der Waals surface area contributed by atoms with Crippen LogP contribution in [0.4, 0.5) is 19.8 Å². The highest BCUT2D eigenvalue weighted by molar-refractivity contribution is 5.93. The van der Waals surface area contributed by atoms with Gasteiger partial charge in [-0.1, -0.05) is 26.8 Å². The molecular weight excluding hydrogens is 635 g/mol. The molecule has 2 N–H and O–H groups in total. The first-order chi connectivity index (χ1) is 22.6. The highest BCUT2D eigenvalue weighted by atomic mass is 19.1. The molecule has 0 fully saturated rings. The summed E-state index contributed by atoms with van der Waals surface area (Å²) in [7, 11) is 6.26. The molecule has 0 aliphatic carbocycles. The zero-order valence-corrected chi connectivity index (χ0v) is 30.1. The van der Waals surface area contributed by atoms with Crippen LogP contribution in [0.3, 0.4) is 0 Å². The van der Waals surface area contributed by atoms with Crippen molar-refractivity contribution in [3.63, 3.8) is 0 Å². The van der Waals surface area contributed by atoms with Gasteiger partial charge in [0.1, 0.15) is 11.4 Å². The molecule has 3 aromatic rings. The van der Waals surface area contributed by atoms with E-state index in [0.29, 0.717) is 41.4 Å². The van der Waals surface area contributed by atoms with Crippen molar-refractivity contribution in [3.05, 3.63) is 70.2 Å². The second kappa shape index (κ2) is 16.9. The van der Waals surface area contributed by atoms with Crippen LogP contribution < -0.4 is 10.9 Å². The molecule has 0 unspecified atom stereocenters. The number of aromatic nitrogens is 3. The molecule has 0 saturated carbocycles. The van der Waals surface area contributed by atoms with E-state index in [1.807, 2.05) is 20.8 Å². The molecule has 1 aromatic carbocycles. The molecule has 3 amide bonds. The summed E-state index contributed by atoms with van der Waals surface area (Å²) < 4.78 is 23.1. The first kappa shape index (κ1) is 40.2. The van der Waals surface area contributed by atoms with Gasteiger partial charge in [0, 0.05) is 52.4 Å². The Labute approximate surface area is 286 Å². The van der Waals surface area contributed by atoms with Gasteiger partial charge in [0.15, 0.2) is 5.82 Å². The monoisotopic (exact) mass is 684 g/mol. The molecule has 0 spiro atoms. The molecule has 0 bridgehead atoms. The second-order valence-electron chi connectivity index (χ2n) is 14.2. The molecular formula is C35H49FN6O7. The summed E-state index contributed by atoms with van der Waals surface area (Å²) in [6, 6.07) is 4.47. The number of likely N-dealkylation sites (N-methyl/N-ethyl adjacent to an activating group) is 1. The van der Waals surface area contributed by atoms with Gasteiger partial charge in [0.2, 0.25) is 11.8 Å². The van der Waals surface area contributed by atoms with E-state index in [1.54, 1.807) is 47.0 Å². The number of carbonyl (C=O) groups is 4. The number of fused-ring (bicyclic) bond motifs is 1. The van der Waals surface area contributed by atoms with E-state index in [4.69, 9.17) is 9.84 Å². The Balaban J connectivity index is 0.00000127. The minimum absolute atomic E-state index is 0.0561. The molecule has 14 heteroatoms. The molecule has 0 aliphatic heterocycles. The van der Waals surface area contributed by atoms with Crippen molar-refractivity contribution in [2.24, 2.45) is 5.41 Å². The molecule has 0 radical (unpaired) electrons. The summed E-state index contributed by atoms with van der Waals surface area (Å²) >= 11 is 0. The third-order valence-corrected chi connectivity index (χ3v) is 6.68. The third-order valence-electron chi connectivity index (χ3n) is 6.68. The van der Waals surface area contributed by atoms with Crippen molar-refractivity contribution in [1.29, 1.82) is 0 Å². The van der Waals surface area contributed by atoms with Crippen LogP contribution in [-0.4, -0.2) is 86.8 Å². The summed E-state index contributed by atoms with van der Waals surface area (Å²) in [5.74, 6) is -1.10. The second-order valence-corrected chi connectivity index (χ2v) is 14.2. The maximum atomic E-state index is 14.7. The number of hydrogen-bond acceptors (Lipinski definition) is 7. The number of halogens is 1. The standard InChI is InChI=1S/C32H42FN5O5.C3H7NO2/c1-31(2,3)19-22-17-23(33)16-21-18-24(38(27(21)22)30(42)43-32(4,5)6)20-37-15-14-34-28(29(37)41)35-25(39)12-10-9-11-13-26(40)36(7)8;1-4(2)3(5)6/h11,13-18H,9-10,12,19-20H2,1-8H3,(H,34,35,39);1-2H3,(H,5,6)/b13-11+;. The zero-order valence-electron chi connectivity index (χ0n) is 30.1. The maximum absolute atomic E-state index is 14.7. The van der Waals surface area contributed by atoms with Gasteiger partial charge >= 0.3 is 12.2 Å². The lowest BCUT2D eigenvalue weighted by molar-refractivity contribution is -0.123. The number of carbonyl (C=O) groups excluding carboxylic acids is 3. The number of carboxylic acid groups (broad SMARTS) is 1. The van der Waals surface area contributed by atoms with Crippen molar-refractivity contribution >= 4 is 40.7 Å². The molecule has 0 saturated heterocycles. The van der Waals surface area contributed by atoms with Crippen LogP contribution in [0.15, 0.2) is 47.5 Å². The number of nitrogens with one attached hydrogen (secondary N) is 1. The number of nitrogens with zero attached hydrogens (tertiary/aromatic N) is 5. The first-order valence-electron chi connectivity index (χ1n) is 15.8. The van der Waals surface area contributed by atoms with Crippen LogP contribution in [0.25, 0.3) is 10.9 Å². The Kier molecular flexibility index (Phi) is 13.8. The van der Waals surface area contributed by atoms with Gasteiger partial charge in [-0.05, 0) is 75.3 Å². The largest absolute Gasteiger partial charge is 0.465 e. The van der Waals surface area contributed by atoms with Gasteiger partial charge < -0.3 is 29.5 Å². The number of rotatable bonds is 9. The van der Waals surface area contributed by atoms with Gasteiger partial charge in [0.25, 0.3) is 5.56 Å². The molecule has 2 heterocycles. The van der Waals surface area contributed by atoms with Crippen LogP contribution in [0.2, 0.25) is 0 Å². The van der Waals surface area contributed by atoms with Crippen LogP contribution in [0.5, 0.6) is 0 Å². The lowest BCUT2D eigenvalue weighted by Crippen LogP contribution is -2.30. The fourth-order valence-corrected chi connectivity index (χ4v) is 4.53. The van der Waals surface area contributed by atoms with Crippen LogP contribution in [0.1, 0.15) is 72.1 Å². The predicted octanol–water partition coefficient (Wildman–Crippen LogP) is 5.74. The Bertz CT molecular complexity index is 1740. The van der Waals surface area contributed by atoms with Crippen LogP contribution in [0, 0.1) is 11.2 Å². The van der Waals surface area contributed by atoms with Crippen molar-refractivity contribution < 1.29 is 33.4 Å². The van der Waals surface area contributed by atoms with Gasteiger partial charge in [-0.2, -0.15) is 0 Å². The number of benzene rings is 1. The number of ether oxygens (including phenoxy) is 1. The van der Waals surface area contributed by atoms with Gasteiger partial charge in [-0.3, -0.25) is 14.4 Å². The average Bonchev–Trinajstić information content (AvgIpc) is 3.31. The number of amides is 3. The van der Waals surface area contributed by atoms with Crippen LogP contribution in [-0.2, 0) is 27.3 Å². The van der Waals surface area contributed by atoms with Crippen molar-refractivity contribution in [2.45, 2.75) is 79.4 Å². The minimum Gasteiger partial charge on any atom is -0.465 e. The maximum Gasteiger partial charge on any atom is 0.419 e. The highest BCUT2D eigenvalue weighted by Gasteiger charge is 2.26. The summed E-state index contributed by atoms with van der Waals surface area (Å²) in [6.45, 7) is 11.3. The molecule has 2 aromatic heterocycles. The first-order valence-corrected chi connectivity index (χ1v) is 15.8. The van der Waals surface area contributed by atoms with E-state index in [-0.39, 0.29) is 36.0 Å². The highest BCUT2D eigenvalue weighted by Crippen LogP contribution is 2.31. The third kappa shape index (κ3) is 12.8. The van der Waals surface area contributed by atoms with Gasteiger partial charge in [-0.25, -0.2) is 23.5 Å². The number of anilines is 1. The average molecular weight is 685 g/mol. The predicted molar refractivity (Wildman–Crippen MR) is 186 cm³/mol. The molecule has 49 heavy (non-hydrogen) atoms. The summed E-state index contributed by atoms with van der Waals surface area (Å²) in [5, 5.41) is 11.0. The molecule has 0 aliphatic rings. The fourth-order valence-electron chi connectivity index (χ4n) is 4.53. The van der Waals surface area contributed by atoms with E-state index < -0.39 is 29.2 Å². The molecule has 268 valence electrons. The van der Waals surface area contributed by atoms with Crippen molar-refractivity contribution in [1.82, 2.24) is 23.9 Å². The van der Waals surface area contributed by atoms with E-state index in [2.05, 4.69) is 10.3 Å². The Hall–Kier alpha value is -5.01. The van der Waals surface area contributed by atoms with Crippen molar-refractivity contribution in [3.8, 4) is 0 Å². The Morgan fingerprint density at radius 2 is 1.65 bits per heavy atom. The minimum atomic E-state index is -0.907. The van der Waals surface area contributed by atoms with Gasteiger partial charge in [0.05, 0.1) is 17.8 Å². The fraction of sp³-hybridized carbons (Fsp3) is 0.486. The molecule has 3 rings (SSSR count). The number of allylic oxidation sites excluding steroid dienone is 1. The molecule has 13 nitrogen and oxygen atoms in total. The summed E-state index contributed by atoms with van der Waals surface area (Å²) in [5.41, 5.74) is 0.0359. The number of hydrogen-bond donors (Lipinski definition) is 2. The topological polar surface area (TPSA) is 156 Å². The Morgan fingerprint density at radius 1 is 1.02 bits per heavy atom. The molecule has 0 atom stereocenters. The quantitative estimate of drug-likeness (QED) is 0.214. The van der Waals surface area contributed by atoms with E-state index in [1.165, 1.54) is 58.7 Å². The lowest BCUT2D eigenvalue weighted by atomic mass is 9.87.